The van der Waals surface area contributed by atoms with E-state index in [1.54, 1.807) is 7.11 Å². The smallest absolute Gasteiger partial charge is 0.122 e. The molecule has 0 saturated heterocycles. The van der Waals surface area contributed by atoms with Gasteiger partial charge in [-0.3, -0.25) is 0 Å². The van der Waals surface area contributed by atoms with E-state index in [9.17, 15) is 0 Å². The van der Waals surface area contributed by atoms with E-state index in [0.717, 1.165) is 24.3 Å². The molecule has 2 aromatic carbocycles. The van der Waals surface area contributed by atoms with Crippen LogP contribution in [0.2, 0.25) is 0 Å². The Bertz CT molecular complexity index is 626. The molecule has 3 rings (SSSR count). The molecular weight excluding hydrogens is 262 g/mol. The second kappa shape index (κ2) is 5.78. The second-order valence-corrected chi connectivity index (χ2v) is 5.77. The number of rotatable bonds is 4. The molecule has 1 unspecified atom stereocenters. The molecule has 1 aliphatic rings. The van der Waals surface area contributed by atoms with Crippen LogP contribution in [0, 0.1) is 5.41 Å². The molecule has 2 aromatic rings. The van der Waals surface area contributed by atoms with Gasteiger partial charge in [0, 0.05) is 12.0 Å². The van der Waals surface area contributed by atoms with Crippen LogP contribution in [-0.2, 0) is 12.8 Å². The van der Waals surface area contributed by atoms with Gasteiger partial charge < -0.3 is 15.2 Å². The maximum Gasteiger partial charge on any atom is 0.122 e. The van der Waals surface area contributed by atoms with Crippen LogP contribution in [-0.4, -0.2) is 20.3 Å². The Morgan fingerprint density at radius 1 is 1.14 bits per heavy atom. The van der Waals surface area contributed by atoms with Crippen LogP contribution in [0.3, 0.4) is 0 Å². The second-order valence-electron chi connectivity index (χ2n) is 5.77. The first kappa shape index (κ1) is 14.0. The molecule has 2 N–H and O–H groups in total. The number of benzene rings is 2. The van der Waals surface area contributed by atoms with Gasteiger partial charge in [-0.25, -0.2) is 0 Å². The quantitative estimate of drug-likeness (QED) is 0.938. The van der Waals surface area contributed by atoms with Crippen molar-refractivity contribution in [2.24, 2.45) is 11.1 Å². The molecule has 1 heterocycles. The van der Waals surface area contributed by atoms with E-state index in [1.807, 2.05) is 30.3 Å². The van der Waals surface area contributed by atoms with Crippen molar-refractivity contribution in [3.8, 4) is 11.5 Å². The van der Waals surface area contributed by atoms with E-state index in [1.165, 1.54) is 11.1 Å². The Balaban J connectivity index is 1.89. The summed E-state index contributed by atoms with van der Waals surface area (Å²) in [5, 5.41) is 0. The van der Waals surface area contributed by atoms with Crippen LogP contribution in [0.1, 0.15) is 11.1 Å². The third kappa shape index (κ3) is 2.74. The van der Waals surface area contributed by atoms with Crippen LogP contribution in [0.15, 0.2) is 48.5 Å². The topological polar surface area (TPSA) is 44.5 Å². The summed E-state index contributed by atoms with van der Waals surface area (Å²) in [4.78, 5) is 0. The average molecular weight is 283 g/mol. The monoisotopic (exact) mass is 283 g/mol. The van der Waals surface area contributed by atoms with E-state index >= 15 is 0 Å². The summed E-state index contributed by atoms with van der Waals surface area (Å²) >= 11 is 0. The lowest BCUT2D eigenvalue weighted by Gasteiger charge is -2.37. The summed E-state index contributed by atoms with van der Waals surface area (Å²) in [5.41, 5.74) is 8.48. The van der Waals surface area contributed by atoms with E-state index in [0.29, 0.717) is 13.2 Å². The molecule has 0 saturated carbocycles. The molecule has 0 spiro atoms. The standard InChI is InChI=1S/C18H21NO2/c1-20-16-8-4-2-6-14(16)10-18(12-19)11-15-7-3-5-9-17(15)21-13-18/h2-9H,10-13,19H2,1H3. The molecule has 1 aliphatic heterocycles. The largest absolute Gasteiger partial charge is 0.496 e. The predicted octanol–water partition coefficient (Wildman–Crippen LogP) is 2.82. The zero-order valence-corrected chi connectivity index (χ0v) is 12.3. The van der Waals surface area contributed by atoms with Crippen LogP contribution in [0.25, 0.3) is 0 Å². The molecule has 3 heteroatoms. The molecular formula is C18H21NO2. The fraction of sp³-hybridized carbons (Fsp3) is 0.333. The molecule has 0 aliphatic carbocycles. The number of hydrogen-bond donors (Lipinski definition) is 1. The highest BCUT2D eigenvalue weighted by Gasteiger charge is 2.35. The van der Waals surface area contributed by atoms with Crippen molar-refractivity contribution in [1.82, 2.24) is 0 Å². The first-order chi connectivity index (χ1) is 10.3. The first-order valence-electron chi connectivity index (χ1n) is 7.29. The highest BCUT2D eigenvalue weighted by molar-refractivity contribution is 5.39. The maximum atomic E-state index is 6.11. The molecule has 0 radical (unpaired) electrons. The fourth-order valence-electron chi connectivity index (χ4n) is 3.05. The van der Waals surface area contributed by atoms with Gasteiger partial charge in [-0.05, 0) is 36.1 Å². The van der Waals surface area contributed by atoms with Crippen molar-refractivity contribution in [1.29, 1.82) is 0 Å². The summed E-state index contributed by atoms with van der Waals surface area (Å²) in [6, 6.07) is 16.4. The normalized spacial score (nSPS) is 20.5. The zero-order valence-electron chi connectivity index (χ0n) is 12.3. The molecule has 0 amide bonds. The lowest BCUT2D eigenvalue weighted by Crippen LogP contribution is -2.43. The van der Waals surface area contributed by atoms with E-state index in [-0.39, 0.29) is 5.41 Å². The maximum absolute atomic E-state index is 6.11. The molecule has 0 fully saturated rings. The van der Waals surface area contributed by atoms with Gasteiger partial charge in [0.15, 0.2) is 0 Å². The summed E-state index contributed by atoms with van der Waals surface area (Å²) in [5.74, 6) is 1.91. The minimum Gasteiger partial charge on any atom is -0.496 e. The molecule has 3 nitrogen and oxygen atoms in total. The van der Waals surface area contributed by atoms with Crippen molar-refractivity contribution in [3.05, 3.63) is 59.7 Å². The van der Waals surface area contributed by atoms with Gasteiger partial charge in [-0.1, -0.05) is 36.4 Å². The Morgan fingerprint density at radius 3 is 2.71 bits per heavy atom. The van der Waals surface area contributed by atoms with Crippen molar-refractivity contribution in [2.75, 3.05) is 20.3 Å². The van der Waals surface area contributed by atoms with Gasteiger partial charge in [0.25, 0.3) is 0 Å². The van der Waals surface area contributed by atoms with Crippen LogP contribution >= 0.6 is 0 Å². The summed E-state index contributed by atoms with van der Waals surface area (Å²) in [6.07, 6.45) is 1.81. The zero-order chi connectivity index (χ0) is 14.7. The minimum absolute atomic E-state index is 0.0665. The van der Waals surface area contributed by atoms with Gasteiger partial charge in [-0.15, -0.1) is 0 Å². The molecule has 0 bridgehead atoms. The number of methoxy groups -OCH3 is 1. The molecule has 21 heavy (non-hydrogen) atoms. The average Bonchev–Trinajstić information content (AvgIpc) is 2.55. The van der Waals surface area contributed by atoms with Gasteiger partial charge in [0.05, 0.1) is 13.7 Å². The SMILES string of the molecule is COc1ccccc1CC1(CN)COc2ccccc2C1. The van der Waals surface area contributed by atoms with Crippen molar-refractivity contribution in [2.45, 2.75) is 12.8 Å². The number of para-hydroxylation sites is 2. The van der Waals surface area contributed by atoms with Crippen LogP contribution in [0.4, 0.5) is 0 Å². The third-order valence-electron chi connectivity index (χ3n) is 4.26. The molecule has 0 aromatic heterocycles. The summed E-state index contributed by atoms with van der Waals surface area (Å²) in [6.45, 7) is 1.25. The molecule has 1 atom stereocenters. The predicted molar refractivity (Wildman–Crippen MR) is 83.8 cm³/mol. The Morgan fingerprint density at radius 2 is 1.90 bits per heavy atom. The van der Waals surface area contributed by atoms with Crippen molar-refractivity contribution < 1.29 is 9.47 Å². The van der Waals surface area contributed by atoms with Crippen molar-refractivity contribution >= 4 is 0 Å². The van der Waals surface area contributed by atoms with Gasteiger partial charge in [0.1, 0.15) is 11.5 Å². The lowest BCUT2D eigenvalue weighted by atomic mass is 9.75. The highest BCUT2D eigenvalue weighted by Crippen LogP contribution is 2.37. The third-order valence-corrected chi connectivity index (χ3v) is 4.26. The van der Waals surface area contributed by atoms with Crippen LogP contribution in [0.5, 0.6) is 11.5 Å². The number of hydrogen-bond acceptors (Lipinski definition) is 3. The highest BCUT2D eigenvalue weighted by atomic mass is 16.5. The number of ether oxygens (including phenoxy) is 2. The van der Waals surface area contributed by atoms with Crippen molar-refractivity contribution in [3.63, 3.8) is 0 Å². The summed E-state index contributed by atoms with van der Waals surface area (Å²) < 4.78 is 11.4. The van der Waals surface area contributed by atoms with Crippen LogP contribution < -0.4 is 15.2 Å². The molecule has 110 valence electrons. The Kier molecular flexibility index (Phi) is 3.84. The van der Waals surface area contributed by atoms with E-state index in [2.05, 4.69) is 18.2 Å². The first-order valence-corrected chi connectivity index (χ1v) is 7.29. The Labute approximate surface area is 125 Å². The minimum atomic E-state index is -0.0665. The lowest BCUT2D eigenvalue weighted by molar-refractivity contribution is 0.126. The number of fused-ring (bicyclic) bond motifs is 1. The summed E-state index contributed by atoms with van der Waals surface area (Å²) in [7, 11) is 1.71. The van der Waals surface area contributed by atoms with Gasteiger partial charge in [0.2, 0.25) is 0 Å². The van der Waals surface area contributed by atoms with E-state index < -0.39 is 0 Å². The number of nitrogens with two attached hydrogens (primary N) is 1. The Hall–Kier alpha value is -2.00. The van der Waals surface area contributed by atoms with Gasteiger partial charge >= 0.3 is 0 Å². The fourth-order valence-corrected chi connectivity index (χ4v) is 3.05. The van der Waals surface area contributed by atoms with E-state index in [4.69, 9.17) is 15.2 Å². The van der Waals surface area contributed by atoms with Gasteiger partial charge in [-0.2, -0.15) is 0 Å².